The third kappa shape index (κ3) is 3.78. The molecule has 0 aliphatic carbocycles. The topological polar surface area (TPSA) is 15.3 Å². The van der Waals surface area contributed by atoms with Gasteiger partial charge in [0.05, 0.1) is 0 Å². The Kier molecular flexibility index (Phi) is 5.81. The minimum absolute atomic E-state index is 0.451. The van der Waals surface area contributed by atoms with Crippen molar-refractivity contribution in [3.8, 4) is 0 Å². The molecule has 0 spiro atoms. The van der Waals surface area contributed by atoms with Crippen LogP contribution >= 0.6 is 11.6 Å². The lowest BCUT2D eigenvalue weighted by Gasteiger charge is -2.27. The average molecular weight is 241 g/mol. The molecular weight excluding hydrogens is 220 g/mol. The summed E-state index contributed by atoms with van der Waals surface area (Å²) in [6, 6.07) is 8.60. The molecule has 16 heavy (non-hydrogen) atoms. The Morgan fingerprint density at radius 1 is 1.44 bits per heavy atom. The SMILES string of the molecule is CCC(c1cccc(Cl)c1)N(C)CCNC. The first kappa shape index (κ1) is 13.5. The minimum Gasteiger partial charge on any atom is -0.318 e. The molecule has 1 aromatic carbocycles. The van der Waals surface area contributed by atoms with E-state index in [9.17, 15) is 0 Å². The third-order valence-corrected chi connectivity index (χ3v) is 3.10. The van der Waals surface area contributed by atoms with E-state index in [1.807, 2.05) is 19.2 Å². The largest absolute Gasteiger partial charge is 0.318 e. The van der Waals surface area contributed by atoms with Crippen LogP contribution in [0.25, 0.3) is 0 Å². The number of benzene rings is 1. The van der Waals surface area contributed by atoms with Crippen LogP contribution in [-0.4, -0.2) is 32.1 Å². The van der Waals surface area contributed by atoms with Crippen LogP contribution < -0.4 is 5.32 Å². The molecule has 0 saturated heterocycles. The molecule has 1 aromatic rings. The van der Waals surface area contributed by atoms with E-state index in [1.165, 1.54) is 5.56 Å². The molecule has 1 unspecified atom stereocenters. The fourth-order valence-corrected chi connectivity index (χ4v) is 2.16. The summed E-state index contributed by atoms with van der Waals surface area (Å²) in [4.78, 5) is 2.36. The Hall–Kier alpha value is -0.570. The predicted molar refractivity (Wildman–Crippen MR) is 71.0 cm³/mol. The molecule has 0 aliphatic rings. The van der Waals surface area contributed by atoms with Crippen LogP contribution in [0.3, 0.4) is 0 Å². The van der Waals surface area contributed by atoms with E-state index < -0.39 is 0 Å². The van der Waals surface area contributed by atoms with Gasteiger partial charge in [-0.15, -0.1) is 0 Å². The fraction of sp³-hybridized carbons (Fsp3) is 0.538. The fourth-order valence-electron chi connectivity index (χ4n) is 1.96. The summed E-state index contributed by atoms with van der Waals surface area (Å²) >= 11 is 6.02. The van der Waals surface area contributed by atoms with E-state index in [0.717, 1.165) is 24.5 Å². The lowest BCUT2D eigenvalue weighted by Crippen LogP contribution is -2.30. The number of halogens is 1. The Morgan fingerprint density at radius 3 is 2.75 bits per heavy atom. The van der Waals surface area contributed by atoms with Gasteiger partial charge in [-0.3, -0.25) is 4.90 Å². The van der Waals surface area contributed by atoms with Crippen molar-refractivity contribution in [1.82, 2.24) is 10.2 Å². The number of likely N-dealkylation sites (N-methyl/N-ethyl adjacent to an activating group) is 2. The Bertz CT molecular complexity index is 315. The standard InChI is InChI=1S/C13H21ClN2/c1-4-13(16(3)9-8-15-2)11-6-5-7-12(14)10-11/h5-7,10,13,15H,4,8-9H2,1-3H3. The van der Waals surface area contributed by atoms with Gasteiger partial charge in [-0.1, -0.05) is 30.7 Å². The average Bonchev–Trinajstić information content (AvgIpc) is 2.27. The molecule has 0 radical (unpaired) electrons. The van der Waals surface area contributed by atoms with Crippen molar-refractivity contribution in [3.05, 3.63) is 34.9 Å². The highest BCUT2D eigenvalue weighted by atomic mass is 35.5. The van der Waals surface area contributed by atoms with Crippen LogP contribution in [0.15, 0.2) is 24.3 Å². The van der Waals surface area contributed by atoms with Crippen LogP contribution in [0, 0.1) is 0 Å². The lowest BCUT2D eigenvalue weighted by molar-refractivity contribution is 0.240. The van der Waals surface area contributed by atoms with Gasteiger partial charge >= 0.3 is 0 Å². The van der Waals surface area contributed by atoms with E-state index in [2.05, 4.69) is 36.3 Å². The maximum absolute atomic E-state index is 6.02. The van der Waals surface area contributed by atoms with Gasteiger partial charge in [0.25, 0.3) is 0 Å². The van der Waals surface area contributed by atoms with Gasteiger partial charge in [0.1, 0.15) is 0 Å². The van der Waals surface area contributed by atoms with E-state index in [1.54, 1.807) is 0 Å². The molecule has 90 valence electrons. The summed E-state index contributed by atoms with van der Waals surface area (Å²) in [5.41, 5.74) is 1.30. The van der Waals surface area contributed by atoms with Gasteiger partial charge in [-0.05, 0) is 38.2 Å². The van der Waals surface area contributed by atoms with Crippen LogP contribution in [0.1, 0.15) is 24.9 Å². The van der Waals surface area contributed by atoms with E-state index in [4.69, 9.17) is 11.6 Å². The van der Waals surface area contributed by atoms with Gasteiger partial charge in [0.15, 0.2) is 0 Å². The maximum atomic E-state index is 6.02. The molecule has 1 atom stereocenters. The van der Waals surface area contributed by atoms with Gasteiger partial charge < -0.3 is 5.32 Å². The summed E-state index contributed by atoms with van der Waals surface area (Å²) in [6.07, 6.45) is 1.10. The van der Waals surface area contributed by atoms with Crippen LogP contribution in [0.4, 0.5) is 0 Å². The van der Waals surface area contributed by atoms with E-state index in [0.29, 0.717) is 6.04 Å². The maximum Gasteiger partial charge on any atom is 0.0409 e. The Morgan fingerprint density at radius 2 is 2.19 bits per heavy atom. The summed E-state index contributed by atoms with van der Waals surface area (Å²) in [5, 5.41) is 3.99. The summed E-state index contributed by atoms with van der Waals surface area (Å²) in [6.45, 7) is 4.26. The minimum atomic E-state index is 0.451. The molecular formula is C13H21ClN2. The second-order valence-corrected chi connectivity index (χ2v) is 4.50. The van der Waals surface area contributed by atoms with Gasteiger partial charge in [-0.2, -0.15) is 0 Å². The number of nitrogens with zero attached hydrogens (tertiary/aromatic N) is 1. The quantitative estimate of drug-likeness (QED) is 0.823. The van der Waals surface area contributed by atoms with Gasteiger partial charge in [0.2, 0.25) is 0 Å². The lowest BCUT2D eigenvalue weighted by atomic mass is 10.0. The molecule has 0 fully saturated rings. The zero-order valence-corrected chi connectivity index (χ0v) is 11.1. The third-order valence-electron chi connectivity index (χ3n) is 2.87. The molecule has 1 rings (SSSR count). The van der Waals surface area contributed by atoms with E-state index >= 15 is 0 Å². The van der Waals surface area contributed by atoms with Crippen LogP contribution in [0.5, 0.6) is 0 Å². The van der Waals surface area contributed by atoms with Crippen molar-refractivity contribution in [2.45, 2.75) is 19.4 Å². The molecule has 2 nitrogen and oxygen atoms in total. The van der Waals surface area contributed by atoms with Crippen molar-refractivity contribution in [3.63, 3.8) is 0 Å². The first-order valence-electron chi connectivity index (χ1n) is 5.79. The van der Waals surface area contributed by atoms with Crippen molar-refractivity contribution >= 4 is 11.6 Å². The molecule has 0 aromatic heterocycles. The van der Waals surface area contributed by atoms with Crippen molar-refractivity contribution in [2.24, 2.45) is 0 Å². The smallest absolute Gasteiger partial charge is 0.0409 e. The summed E-state index contributed by atoms with van der Waals surface area (Å²) in [5.74, 6) is 0. The normalized spacial score (nSPS) is 13.1. The molecule has 0 bridgehead atoms. The number of rotatable bonds is 6. The number of hydrogen-bond acceptors (Lipinski definition) is 2. The number of hydrogen-bond donors (Lipinski definition) is 1. The van der Waals surface area contributed by atoms with Crippen molar-refractivity contribution in [2.75, 3.05) is 27.2 Å². The Balaban J connectivity index is 2.73. The first-order chi connectivity index (χ1) is 7.69. The van der Waals surface area contributed by atoms with Crippen LogP contribution in [0.2, 0.25) is 5.02 Å². The molecule has 3 heteroatoms. The second-order valence-electron chi connectivity index (χ2n) is 4.06. The zero-order chi connectivity index (χ0) is 12.0. The Labute approximate surface area is 104 Å². The highest BCUT2D eigenvalue weighted by Gasteiger charge is 2.14. The van der Waals surface area contributed by atoms with Crippen LogP contribution in [-0.2, 0) is 0 Å². The number of nitrogens with one attached hydrogen (secondary N) is 1. The molecule has 0 heterocycles. The molecule has 1 N–H and O–H groups in total. The molecule has 0 amide bonds. The van der Waals surface area contributed by atoms with Gasteiger partial charge in [0, 0.05) is 24.2 Å². The summed E-state index contributed by atoms with van der Waals surface area (Å²) in [7, 11) is 4.14. The summed E-state index contributed by atoms with van der Waals surface area (Å²) < 4.78 is 0. The molecule has 0 aliphatic heterocycles. The highest BCUT2D eigenvalue weighted by molar-refractivity contribution is 6.30. The van der Waals surface area contributed by atoms with Gasteiger partial charge in [-0.25, -0.2) is 0 Å². The first-order valence-corrected chi connectivity index (χ1v) is 6.17. The monoisotopic (exact) mass is 240 g/mol. The predicted octanol–water partition coefficient (Wildman–Crippen LogP) is 2.94. The second kappa shape index (κ2) is 6.89. The highest BCUT2D eigenvalue weighted by Crippen LogP contribution is 2.24. The van der Waals surface area contributed by atoms with Crippen molar-refractivity contribution in [1.29, 1.82) is 0 Å². The van der Waals surface area contributed by atoms with E-state index in [-0.39, 0.29) is 0 Å². The molecule has 0 saturated carbocycles. The van der Waals surface area contributed by atoms with Crippen molar-refractivity contribution < 1.29 is 0 Å². The zero-order valence-electron chi connectivity index (χ0n) is 10.3.